The molecule has 1 aromatic heterocycles. The molecule has 0 unspecified atom stereocenters. The normalized spacial score (nSPS) is 11.3. The summed E-state index contributed by atoms with van der Waals surface area (Å²) in [6.45, 7) is 6.78. The Balaban J connectivity index is 1.54. The fourth-order valence-corrected chi connectivity index (χ4v) is 4.68. The van der Waals surface area contributed by atoms with Crippen LogP contribution in [-0.2, 0) is 25.9 Å². The standard InChI is InChI=1S/C29H49N2/c1-3-5-6-7-8-9-10-11-12-13-14-15-19-24-29-30(4-2)26-27-31(29)25-20-23-28-21-17-16-18-22-28/h16-18,21-22,26-27H,3-15,19-20,23-25H2,1-2H3/q+1. The van der Waals surface area contributed by atoms with E-state index in [9.17, 15) is 0 Å². The Morgan fingerprint density at radius 3 is 1.81 bits per heavy atom. The summed E-state index contributed by atoms with van der Waals surface area (Å²) in [6.07, 6.45) is 26.7. The summed E-state index contributed by atoms with van der Waals surface area (Å²) in [5.41, 5.74) is 1.45. The van der Waals surface area contributed by atoms with Gasteiger partial charge in [-0.1, -0.05) is 114 Å². The molecule has 2 rings (SSSR count). The molecular weight excluding hydrogens is 376 g/mol. The van der Waals surface area contributed by atoms with E-state index in [0.29, 0.717) is 0 Å². The van der Waals surface area contributed by atoms with E-state index in [1.807, 2.05) is 0 Å². The summed E-state index contributed by atoms with van der Waals surface area (Å²) >= 11 is 0. The number of unbranched alkanes of at least 4 members (excludes halogenated alkanes) is 12. The molecule has 31 heavy (non-hydrogen) atoms. The average molecular weight is 426 g/mol. The second-order valence-corrected chi connectivity index (χ2v) is 9.28. The third-order valence-corrected chi connectivity index (χ3v) is 6.64. The summed E-state index contributed by atoms with van der Waals surface area (Å²) in [5, 5.41) is 0. The fraction of sp³-hybridized carbons (Fsp3) is 0.690. The smallest absolute Gasteiger partial charge is 0.235 e. The predicted octanol–water partition coefficient (Wildman–Crippen LogP) is 8.06. The Labute approximate surface area is 193 Å². The first-order chi connectivity index (χ1) is 15.3. The highest BCUT2D eigenvalue weighted by Crippen LogP contribution is 2.13. The zero-order chi connectivity index (χ0) is 22.0. The summed E-state index contributed by atoms with van der Waals surface area (Å²) in [5.74, 6) is 1.53. The monoisotopic (exact) mass is 425 g/mol. The van der Waals surface area contributed by atoms with E-state index < -0.39 is 0 Å². The summed E-state index contributed by atoms with van der Waals surface area (Å²) in [4.78, 5) is 0. The molecule has 0 bridgehead atoms. The van der Waals surface area contributed by atoms with Crippen LogP contribution in [0.4, 0.5) is 0 Å². The lowest BCUT2D eigenvalue weighted by atomic mass is 10.0. The Bertz CT molecular complexity index is 659. The van der Waals surface area contributed by atoms with E-state index in [2.05, 4.69) is 65.7 Å². The van der Waals surface area contributed by atoms with Gasteiger partial charge in [0, 0.05) is 6.42 Å². The van der Waals surface area contributed by atoms with Crippen molar-refractivity contribution >= 4 is 0 Å². The van der Waals surface area contributed by atoms with Crippen LogP contribution >= 0.6 is 0 Å². The molecule has 0 aliphatic rings. The SMILES string of the molecule is CCCCCCCCCCCCCCCc1n(CC)cc[n+]1CCCc1ccccc1. The molecule has 2 nitrogen and oxygen atoms in total. The lowest BCUT2D eigenvalue weighted by molar-refractivity contribution is -0.704. The molecule has 174 valence electrons. The van der Waals surface area contributed by atoms with Gasteiger partial charge in [0.25, 0.3) is 5.82 Å². The summed E-state index contributed by atoms with van der Waals surface area (Å²) in [7, 11) is 0. The van der Waals surface area contributed by atoms with Gasteiger partial charge in [0.15, 0.2) is 0 Å². The molecule has 1 aromatic carbocycles. The van der Waals surface area contributed by atoms with E-state index in [0.717, 1.165) is 13.1 Å². The molecule has 0 atom stereocenters. The van der Waals surface area contributed by atoms with Crippen molar-refractivity contribution in [1.29, 1.82) is 0 Å². The zero-order valence-corrected chi connectivity index (χ0v) is 20.7. The Morgan fingerprint density at radius 1 is 0.645 bits per heavy atom. The Hall–Kier alpha value is -1.57. The van der Waals surface area contributed by atoms with Crippen molar-refractivity contribution in [1.82, 2.24) is 4.57 Å². The second-order valence-electron chi connectivity index (χ2n) is 9.28. The molecule has 0 fully saturated rings. The van der Waals surface area contributed by atoms with Crippen molar-refractivity contribution in [2.45, 2.75) is 130 Å². The van der Waals surface area contributed by atoms with Crippen molar-refractivity contribution in [3.63, 3.8) is 0 Å². The van der Waals surface area contributed by atoms with E-state index >= 15 is 0 Å². The van der Waals surface area contributed by atoms with Crippen molar-refractivity contribution in [3.05, 3.63) is 54.1 Å². The highest BCUT2D eigenvalue weighted by atomic mass is 15.1. The molecule has 0 spiro atoms. The molecule has 0 radical (unpaired) electrons. The van der Waals surface area contributed by atoms with Crippen molar-refractivity contribution in [3.8, 4) is 0 Å². The van der Waals surface area contributed by atoms with Crippen LogP contribution in [0.25, 0.3) is 0 Å². The van der Waals surface area contributed by atoms with Crippen LogP contribution in [0.5, 0.6) is 0 Å². The maximum absolute atomic E-state index is 2.51. The number of nitrogens with zero attached hydrogens (tertiary/aromatic N) is 2. The van der Waals surface area contributed by atoms with Gasteiger partial charge >= 0.3 is 0 Å². The maximum Gasteiger partial charge on any atom is 0.256 e. The first-order valence-corrected chi connectivity index (χ1v) is 13.5. The molecule has 2 aromatic rings. The van der Waals surface area contributed by atoms with Crippen molar-refractivity contribution in [2.24, 2.45) is 0 Å². The van der Waals surface area contributed by atoms with Gasteiger partial charge < -0.3 is 0 Å². The van der Waals surface area contributed by atoms with Gasteiger partial charge in [-0.15, -0.1) is 0 Å². The molecule has 0 saturated heterocycles. The number of imidazole rings is 1. The minimum atomic E-state index is 1.08. The van der Waals surface area contributed by atoms with Crippen LogP contribution in [0.1, 0.15) is 115 Å². The number of rotatable bonds is 19. The third kappa shape index (κ3) is 11.0. The molecule has 0 saturated carbocycles. The van der Waals surface area contributed by atoms with Gasteiger partial charge in [-0.3, -0.25) is 0 Å². The van der Waals surface area contributed by atoms with Gasteiger partial charge in [0.1, 0.15) is 12.4 Å². The topological polar surface area (TPSA) is 8.81 Å². The van der Waals surface area contributed by atoms with E-state index in [4.69, 9.17) is 0 Å². The Morgan fingerprint density at radius 2 is 1.23 bits per heavy atom. The lowest BCUT2D eigenvalue weighted by Gasteiger charge is -2.06. The van der Waals surface area contributed by atoms with Crippen LogP contribution in [0.15, 0.2) is 42.7 Å². The fourth-order valence-electron chi connectivity index (χ4n) is 4.68. The maximum atomic E-state index is 2.51. The minimum absolute atomic E-state index is 1.08. The van der Waals surface area contributed by atoms with Crippen molar-refractivity contribution < 1.29 is 4.57 Å². The largest absolute Gasteiger partial charge is 0.256 e. The number of aromatic nitrogens is 2. The summed E-state index contributed by atoms with van der Waals surface area (Å²) in [6, 6.07) is 10.9. The van der Waals surface area contributed by atoms with Crippen molar-refractivity contribution in [2.75, 3.05) is 0 Å². The lowest BCUT2D eigenvalue weighted by Crippen LogP contribution is -2.37. The van der Waals surface area contributed by atoms with Crippen LogP contribution in [0, 0.1) is 0 Å². The average Bonchev–Trinajstić information content (AvgIpc) is 3.19. The van der Waals surface area contributed by atoms with E-state index in [1.165, 1.54) is 114 Å². The number of aryl methyl sites for hydroxylation is 3. The van der Waals surface area contributed by atoms with Crippen LogP contribution < -0.4 is 4.57 Å². The molecule has 0 aliphatic heterocycles. The second kappa shape index (κ2) is 17.0. The Kier molecular flexibility index (Phi) is 14.1. The molecule has 2 heteroatoms. The molecule has 0 N–H and O–H groups in total. The van der Waals surface area contributed by atoms with E-state index in [-0.39, 0.29) is 0 Å². The van der Waals surface area contributed by atoms with Gasteiger partial charge in [-0.25, -0.2) is 9.13 Å². The highest BCUT2D eigenvalue weighted by Gasteiger charge is 2.15. The minimum Gasteiger partial charge on any atom is -0.235 e. The van der Waals surface area contributed by atoms with Gasteiger partial charge in [0.2, 0.25) is 0 Å². The van der Waals surface area contributed by atoms with Crippen LogP contribution in [-0.4, -0.2) is 4.57 Å². The zero-order valence-electron chi connectivity index (χ0n) is 20.7. The van der Waals surface area contributed by atoms with E-state index in [1.54, 1.807) is 0 Å². The first-order valence-electron chi connectivity index (χ1n) is 13.5. The number of hydrogen-bond acceptors (Lipinski definition) is 0. The molecule has 1 heterocycles. The number of hydrogen-bond donors (Lipinski definition) is 0. The predicted molar refractivity (Wildman–Crippen MR) is 134 cm³/mol. The number of benzene rings is 1. The van der Waals surface area contributed by atoms with Gasteiger partial charge in [0.05, 0.1) is 13.1 Å². The summed E-state index contributed by atoms with van der Waals surface area (Å²) < 4.78 is 4.95. The van der Waals surface area contributed by atoms with Gasteiger partial charge in [-0.2, -0.15) is 0 Å². The first kappa shape index (κ1) is 25.7. The van der Waals surface area contributed by atoms with Crippen LogP contribution in [0.2, 0.25) is 0 Å². The third-order valence-electron chi connectivity index (χ3n) is 6.64. The molecule has 0 aliphatic carbocycles. The van der Waals surface area contributed by atoms with Crippen LogP contribution in [0.3, 0.4) is 0 Å². The quantitative estimate of drug-likeness (QED) is 0.159. The molecular formula is C29H49N2+. The highest BCUT2D eigenvalue weighted by molar-refractivity contribution is 5.14. The molecule has 0 amide bonds. The van der Waals surface area contributed by atoms with Gasteiger partial charge in [-0.05, 0) is 31.7 Å².